The van der Waals surface area contributed by atoms with Crippen molar-refractivity contribution in [3.8, 4) is 0 Å². The Labute approximate surface area is 117 Å². The Morgan fingerprint density at radius 1 is 1.50 bits per heavy atom. The summed E-state index contributed by atoms with van der Waals surface area (Å²) < 4.78 is 0. The number of halogens is 1. The third-order valence-electron chi connectivity index (χ3n) is 2.59. The zero-order chi connectivity index (χ0) is 13.6. The van der Waals surface area contributed by atoms with E-state index in [-0.39, 0.29) is 12.5 Å². The van der Waals surface area contributed by atoms with Crippen LogP contribution in [0.2, 0.25) is 5.02 Å². The van der Waals surface area contributed by atoms with E-state index in [1.165, 1.54) is 0 Å². The van der Waals surface area contributed by atoms with Crippen molar-refractivity contribution in [2.24, 2.45) is 0 Å². The number of thioether (sulfide) groups is 1. The second-order valence-corrected chi connectivity index (χ2v) is 5.80. The molecule has 3 nitrogen and oxygen atoms in total. The molecule has 0 radical (unpaired) electrons. The van der Waals surface area contributed by atoms with E-state index in [9.17, 15) is 9.90 Å². The third-order valence-corrected chi connectivity index (χ3v) is 3.53. The summed E-state index contributed by atoms with van der Waals surface area (Å²) in [6.45, 7) is 1.94. The number of rotatable bonds is 6. The van der Waals surface area contributed by atoms with Crippen molar-refractivity contribution in [3.05, 3.63) is 34.9 Å². The van der Waals surface area contributed by atoms with E-state index >= 15 is 0 Å². The highest BCUT2D eigenvalue weighted by Gasteiger charge is 2.21. The molecule has 0 saturated heterocycles. The Balaban J connectivity index is 2.54. The molecule has 0 aromatic heterocycles. The quantitative estimate of drug-likeness (QED) is 0.845. The normalized spacial score (nSPS) is 14.0. The average molecular weight is 288 g/mol. The van der Waals surface area contributed by atoms with Crippen LogP contribution in [-0.2, 0) is 0 Å². The maximum absolute atomic E-state index is 11.9. The smallest absolute Gasteiger partial charge is 0.252 e. The predicted octanol–water partition coefficient (Wildman–Crippen LogP) is 2.57. The number of nitrogens with one attached hydrogen (secondary N) is 1. The third kappa shape index (κ3) is 4.88. The molecule has 1 atom stereocenters. The second kappa shape index (κ2) is 7.02. The average Bonchev–Trinajstić information content (AvgIpc) is 2.34. The van der Waals surface area contributed by atoms with Crippen LogP contribution in [0.1, 0.15) is 23.7 Å². The first kappa shape index (κ1) is 15.3. The summed E-state index contributed by atoms with van der Waals surface area (Å²) in [5.74, 6) is 0.597. The molecule has 18 heavy (non-hydrogen) atoms. The van der Waals surface area contributed by atoms with Gasteiger partial charge in [-0.15, -0.1) is 0 Å². The molecule has 1 aromatic rings. The summed E-state index contributed by atoms with van der Waals surface area (Å²) in [4.78, 5) is 11.9. The number of aliphatic hydroxyl groups is 1. The molecule has 0 fully saturated rings. The maximum Gasteiger partial charge on any atom is 0.252 e. The zero-order valence-corrected chi connectivity index (χ0v) is 12.1. The highest BCUT2D eigenvalue weighted by molar-refractivity contribution is 7.98. The summed E-state index contributed by atoms with van der Waals surface area (Å²) in [6, 6.07) is 6.86. The Morgan fingerprint density at radius 3 is 2.78 bits per heavy atom. The van der Waals surface area contributed by atoms with Crippen LogP contribution in [0.25, 0.3) is 0 Å². The lowest BCUT2D eigenvalue weighted by Crippen LogP contribution is -2.41. The van der Waals surface area contributed by atoms with Crippen LogP contribution in [0.4, 0.5) is 0 Å². The minimum atomic E-state index is -0.889. The molecule has 2 N–H and O–H groups in total. The van der Waals surface area contributed by atoms with Crippen LogP contribution >= 0.6 is 23.4 Å². The first-order valence-corrected chi connectivity index (χ1v) is 7.47. The zero-order valence-electron chi connectivity index (χ0n) is 10.6. The lowest BCUT2D eigenvalue weighted by atomic mass is 10.0. The Bertz CT molecular complexity index is 410. The van der Waals surface area contributed by atoms with Gasteiger partial charge in [0.2, 0.25) is 0 Å². The van der Waals surface area contributed by atoms with Crippen molar-refractivity contribution in [3.63, 3.8) is 0 Å². The van der Waals surface area contributed by atoms with E-state index in [0.29, 0.717) is 17.0 Å². The van der Waals surface area contributed by atoms with Crippen LogP contribution in [-0.4, -0.2) is 35.2 Å². The van der Waals surface area contributed by atoms with Crippen molar-refractivity contribution >= 4 is 29.3 Å². The van der Waals surface area contributed by atoms with Gasteiger partial charge in [0, 0.05) is 6.54 Å². The van der Waals surface area contributed by atoms with Crippen LogP contribution in [0.5, 0.6) is 0 Å². The summed E-state index contributed by atoms with van der Waals surface area (Å²) in [7, 11) is 0. The molecule has 0 aliphatic carbocycles. The molecule has 1 rings (SSSR count). The van der Waals surface area contributed by atoms with E-state index in [0.717, 1.165) is 5.75 Å². The van der Waals surface area contributed by atoms with Crippen LogP contribution in [0, 0.1) is 0 Å². The molecule has 0 saturated carbocycles. The van der Waals surface area contributed by atoms with Gasteiger partial charge in [0.15, 0.2) is 0 Å². The minimum absolute atomic E-state index is 0.220. The standard InChI is InChI=1S/C13H18ClNO2S/c1-13(17,7-8-18-2)9-15-12(16)10-5-3-4-6-11(10)14/h3-6,17H,7-9H2,1-2H3,(H,15,16). The lowest BCUT2D eigenvalue weighted by Gasteiger charge is -2.23. The van der Waals surface area contributed by atoms with Gasteiger partial charge in [0.05, 0.1) is 16.2 Å². The van der Waals surface area contributed by atoms with Crippen molar-refractivity contribution in [1.82, 2.24) is 5.32 Å². The van der Waals surface area contributed by atoms with E-state index in [1.807, 2.05) is 6.26 Å². The first-order chi connectivity index (χ1) is 8.46. The number of carbonyl (C=O) groups excluding carboxylic acids is 1. The molecule has 1 unspecified atom stereocenters. The van der Waals surface area contributed by atoms with Crippen LogP contribution in [0.15, 0.2) is 24.3 Å². The van der Waals surface area contributed by atoms with E-state index < -0.39 is 5.60 Å². The fourth-order valence-corrected chi connectivity index (χ4v) is 2.29. The molecular weight excluding hydrogens is 270 g/mol. The Morgan fingerprint density at radius 2 is 2.17 bits per heavy atom. The Kier molecular flexibility index (Phi) is 5.99. The van der Waals surface area contributed by atoms with E-state index in [2.05, 4.69) is 5.32 Å². The molecule has 0 bridgehead atoms. The predicted molar refractivity (Wildman–Crippen MR) is 77.4 cm³/mol. The van der Waals surface area contributed by atoms with Gasteiger partial charge in [-0.1, -0.05) is 23.7 Å². The molecule has 1 aromatic carbocycles. The summed E-state index contributed by atoms with van der Waals surface area (Å²) in [6.07, 6.45) is 2.62. The Hall–Kier alpha value is -0.710. The van der Waals surface area contributed by atoms with Gasteiger partial charge in [-0.3, -0.25) is 4.79 Å². The van der Waals surface area contributed by atoms with E-state index in [4.69, 9.17) is 11.6 Å². The SMILES string of the molecule is CSCCC(C)(O)CNC(=O)c1ccccc1Cl. The van der Waals surface area contributed by atoms with Crippen molar-refractivity contribution < 1.29 is 9.90 Å². The summed E-state index contributed by atoms with van der Waals surface area (Å²) >= 11 is 7.59. The van der Waals surface area contributed by atoms with Gasteiger partial charge in [-0.25, -0.2) is 0 Å². The monoisotopic (exact) mass is 287 g/mol. The van der Waals surface area contributed by atoms with Crippen LogP contribution in [0.3, 0.4) is 0 Å². The van der Waals surface area contributed by atoms with Crippen molar-refractivity contribution in [1.29, 1.82) is 0 Å². The number of hydrogen-bond donors (Lipinski definition) is 2. The highest BCUT2D eigenvalue weighted by atomic mass is 35.5. The number of benzene rings is 1. The number of carbonyl (C=O) groups is 1. The van der Waals surface area contributed by atoms with Gasteiger partial charge in [0.25, 0.3) is 5.91 Å². The molecule has 0 aliphatic heterocycles. The summed E-state index contributed by atoms with van der Waals surface area (Å²) in [5, 5.41) is 13.2. The molecular formula is C13H18ClNO2S. The maximum atomic E-state index is 11.9. The largest absolute Gasteiger partial charge is 0.388 e. The minimum Gasteiger partial charge on any atom is -0.388 e. The molecule has 1 amide bonds. The number of hydrogen-bond acceptors (Lipinski definition) is 3. The summed E-state index contributed by atoms with van der Waals surface area (Å²) in [5.41, 5.74) is -0.459. The van der Waals surface area contributed by atoms with E-state index in [1.54, 1.807) is 43.0 Å². The molecule has 5 heteroatoms. The van der Waals surface area contributed by atoms with Gasteiger partial charge in [0.1, 0.15) is 0 Å². The first-order valence-electron chi connectivity index (χ1n) is 5.70. The topological polar surface area (TPSA) is 49.3 Å². The lowest BCUT2D eigenvalue weighted by molar-refractivity contribution is 0.0528. The van der Waals surface area contributed by atoms with Gasteiger partial charge >= 0.3 is 0 Å². The van der Waals surface area contributed by atoms with Crippen molar-refractivity contribution in [2.75, 3.05) is 18.6 Å². The second-order valence-electron chi connectivity index (χ2n) is 4.40. The molecule has 0 spiro atoms. The van der Waals surface area contributed by atoms with Gasteiger partial charge in [-0.2, -0.15) is 11.8 Å². The molecule has 100 valence electrons. The van der Waals surface area contributed by atoms with Crippen molar-refractivity contribution in [2.45, 2.75) is 18.9 Å². The number of amides is 1. The fraction of sp³-hybridized carbons (Fsp3) is 0.462. The van der Waals surface area contributed by atoms with Crippen LogP contribution < -0.4 is 5.32 Å². The van der Waals surface area contributed by atoms with Gasteiger partial charge < -0.3 is 10.4 Å². The molecule has 0 aliphatic rings. The van der Waals surface area contributed by atoms with Gasteiger partial charge in [-0.05, 0) is 37.5 Å². The molecule has 0 heterocycles. The highest BCUT2D eigenvalue weighted by Crippen LogP contribution is 2.16. The fourth-order valence-electron chi connectivity index (χ4n) is 1.42.